The third-order valence-electron chi connectivity index (χ3n) is 5.86. The van der Waals surface area contributed by atoms with E-state index in [1.165, 1.54) is 18.3 Å². The standard InChI is InChI=1S/C20H19ClFN3O2/c1-12(17(26)24-15-5-3-14(22)4-6-15)19-9-20(10-19,11-19)25-18(27)13-2-7-16(21)23-8-13/h2-8,12H,9-11H2,1H3,(H,24,26)(H,25,27)/t12-,19?,20?/m1/s1. The van der Waals surface area contributed by atoms with E-state index in [1.54, 1.807) is 24.3 Å². The SMILES string of the molecule is C[C@H](C(=O)Nc1ccc(F)cc1)C12CC(NC(=O)c3ccc(Cl)nc3)(C1)C2. The van der Waals surface area contributed by atoms with E-state index < -0.39 is 0 Å². The molecular weight excluding hydrogens is 369 g/mol. The van der Waals surface area contributed by atoms with Crippen LogP contribution in [0.1, 0.15) is 36.5 Å². The minimum Gasteiger partial charge on any atom is -0.346 e. The molecule has 0 spiro atoms. The molecule has 0 unspecified atom stereocenters. The summed E-state index contributed by atoms with van der Waals surface area (Å²) in [7, 11) is 0. The van der Waals surface area contributed by atoms with Crippen LogP contribution in [-0.4, -0.2) is 22.3 Å². The van der Waals surface area contributed by atoms with Gasteiger partial charge in [0.2, 0.25) is 5.91 Å². The van der Waals surface area contributed by atoms with Crippen molar-refractivity contribution in [2.45, 2.75) is 31.7 Å². The minimum absolute atomic E-state index is 0.0738. The Kier molecular flexibility index (Phi) is 4.18. The molecule has 3 aliphatic carbocycles. The Labute approximate surface area is 161 Å². The Hall–Kier alpha value is -2.47. The minimum atomic E-state index is -0.339. The van der Waals surface area contributed by atoms with E-state index in [2.05, 4.69) is 15.6 Å². The molecule has 1 aromatic heterocycles. The van der Waals surface area contributed by atoms with Gasteiger partial charge in [0.05, 0.1) is 5.56 Å². The summed E-state index contributed by atoms with van der Waals surface area (Å²) in [4.78, 5) is 28.8. The van der Waals surface area contributed by atoms with Crippen molar-refractivity contribution in [3.63, 3.8) is 0 Å². The van der Waals surface area contributed by atoms with Crippen molar-refractivity contribution in [3.05, 3.63) is 59.1 Å². The van der Waals surface area contributed by atoms with E-state index in [1.807, 2.05) is 6.92 Å². The van der Waals surface area contributed by atoms with Gasteiger partial charge in [0.25, 0.3) is 5.91 Å². The van der Waals surface area contributed by atoms with Crippen molar-refractivity contribution < 1.29 is 14.0 Å². The molecule has 1 atom stereocenters. The van der Waals surface area contributed by atoms with E-state index in [0.717, 1.165) is 19.3 Å². The summed E-state index contributed by atoms with van der Waals surface area (Å²) in [6, 6.07) is 8.95. The van der Waals surface area contributed by atoms with Crippen molar-refractivity contribution in [1.29, 1.82) is 0 Å². The van der Waals surface area contributed by atoms with Crippen LogP contribution in [0.15, 0.2) is 42.6 Å². The highest BCUT2D eigenvalue weighted by Crippen LogP contribution is 2.70. The molecule has 2 N–H and O–H groups in total. The molecular formula is C20H19ClFN3O2. The lowest BCUT2D eigenvalue weighted by atomic mass is 9.36. The normalized spacial score (nSPS) is 26.3. The number of benzene rings is 1. The number of hydrogen-bond acceptors (Lipinski definition) is 3. The summed E-state index contributed by atoms with van der Waals surface area (Å²) in [5, 5.41) is 6.26. The van der Waals surface area contributed by atoms with Crippen molar-refractivity contribution in [3.8, 4) is 0 Å². The van der Waals surface area contributed by atoms with Crippen molar-refractivity contribution in [1.82, 2.24) is 10.3 Å². The van der Waals surface area contributed by atoms with E-state index in [9.17, 15) is 14.0 Å². The van der Waals surface area contributed by atoms with Gasteiger partial charge in [-0.3, -0.25) is 9.59 Å². The number of pyridine rings is 1. The first-order valence-corrected chi connectivity index (χ1v) is 9.19. The predicted molar refractivity (Wildman–Crippen MR) is 99.9 cm³/mol. The maximum atomic E-state index is 13.0. The molecule has 7 heteroatoms. The molecule has 1 heterocycles. The number of rotatable bonds is 5. The van der Waals surface area contributed by atoms with Gasteiger partial charge in [-0.25, -0.2) is 9.37 Å². The monoisotopic (exact) mass is 387 g/mol. The molecule has 27 heavy (non-hydrogen) atoms. The third kappa shape index (κ3) is 3.18. The molecule has 3 saturated carbocycles. The molecule has 0 radical (unpaired) electrons. The summed E-state index contributed by atoms with van der Waals surface area (Å²) in [6.45, 7) is 1.91. The Bertz CT molecular complexity index is 879. The van der Waals surface area contributed by atoms with Gasteiger partial charge in [-0.15, -0.1) is 0 Å². The molecule has 2 bridgehead atoms. The van der Waals surface area contributed by atoms with Gasteiger partial charge in [-0.05, 0) is 61.1 Å². The molecule has 5 rings (SSSR count). The van der Waals surface area contributed by atoms with Gasteiger partial charge >= 0.3 is 0 Å². The maximum Gasteiger partial charge on any atom is 0.253 e. The molecule has 1 aromatic carbocycles. The second kappa shape index (κ2) is 6.30. The average Bonchev–Trinajstić information content (AvgIpc) is 2.58. The van der Waals surface area contributed by atoms with Crippen LogP contribution in [0.4, 0.5) is 10.1 Å². The third-order valence-corrected chi connectivity index (χ3v) is 6.09. The van der Waals surface area contributed by atoms with Crippen LogP contribution in [0.25, 0.3) is 0 Å². The van der Waals surface area contributed by atoms with Crippen LogP contribution < -0.4 is 10.6 Å². The zero-order valence-corrected chi connectivity index (χ0v) is 15.5. The maximum absolute atomic E-state index is 13.0. The van der Waals surface area contributed by atoms with Crippen molar-refractivity contribution in [2.75, 3.05) is 5.32 Å². The van der Waals surface area contributed by atoms with Crippen LogP contribution in [0.5, 0.6) is 0 Å². The second-order valence-electron chi connectivity index (χ2n) is 7.71. The number of amides is 2. The molecule has 2 amide bonds. The Morgan fingerprint density at radius 1 is 1.15 bits per heavy atom. The molecule has 0 aliphatic heterocycles. The fourth-order valence-electron chi connectivity index (χ4n) is 4.34. The van der Waals surface area contributed by atoms with Gasteiger partial charge in [-0.2, -0.15) is 0 Å². The number of hydrogen-bond donors (Lipinski definition) is 2. The number of nitrogens with zero attached hydrogens (tertiary/aromatic N) is 1. The highest BCUT2D eigenvalue weighted by molar-refractivity contribution is 6.29. The fraction of sp³-hybridized carbons (Fsp3) is 0.350. The average molecular weight is 388 g/mol. The van der Waals surface area contributed by atoms with Crippen molar-refractivity contribution >= 4 is 29.1 Å². The molecule has 140 valence electrons. The first kappa shape index (κ1) is 17.9. The smallest absolute Gasteiger partial charge is 0.253 e. The van der Waals surface area contributed by atoms with Gasteiger partial charge in [-0.1, -0.05) is 18.5 Å². The topological polar surface area (TPSA) is 71.1 Å². The second-order valence-corrected chi connectivity index (χ2v) is 8.10. The number of nitrogens with one attached hydrogen (secondary N) is 2. The fourth-order valence-corrected chi connectivity index (χ4v) is 4.46. The lowest BCUT2D eigenvalue weighted by molar-refractivity contribution is -0.184. The number of halogens is 2. The van der Waals surface area contributed by atoms with Gasteiger partial charge in [0.1, 0.15) is 11.0 Å². The Balaban J connectivity index is 1.33. The first-order chi connectivity index (χ1) is 12.8. The number of carbonyl (C=O) groups is 2. The summed E-state index contributed by atoms with van der Waals surface area (Å²) >= 11 is 5.74. The molecule has 3 aliphatic rings. The molecule has 5 nitrogen and oxygen atoms in total. The lowest BCUT2D eigenvalue weighted by Crippen LogP contribution is -2.77. The van der Waals surface area contributed by atoms with Gasteiger partial charge in [0, 0.05) is 23.3 Å². The van der Waals surface area contributed by atoms with Crippen LogP contribution in [0.3, 0.4) is 0 Å². The number of carbonyl (C=O) groups excluding carboxylic acids is 2. The number of aromatic nitrogens is 1. The van der Waals surface area contributed by atoms with E-state index in [0.29, 0.717) is 16.4 Å². The van der Waals surface area contributed by atoms with E-state index >= 15 is 0 Å². The van der Waals surface area contributed by atoms with Crippen LogP contribution in [-0.2, 0) is 4.79 Å². The lowest BCUT2D eigenvalue weighted by Gasteiger charge is -2.72. The highest BCUT2D eigenvalue weighted by Gasteiger charge is 2.71. The predicted octanol–water partition coefficient (Wildman–Crippen LogP) is 3.80. The summed E-state index contributed by atoms with van der Waals surface area (Å²) < 4.78 is 13.0. The zero-order chi connectivity index (χ0) is 19.2. The quantitative estimate of drug-likeness (QED) is 0.766. The number of anilines is 1. The first-order valence-electron chi connectivity index (χ1n) is 8.81. The molecule has 0 saturated heterocycles. The highest BCUT2D eigenvalue weighted by atomic mass is 35.5. The van der Waals surface area contributed by atoms with E-state index in [-0.39, 0.29) is 34.5 Å². The summed E-state index contributed by atoms with van der Waals surface area (Å²) in [5.74, 6) is -0.772. The largest absolute Gasteiger partial charge is 0.346 e. The Morgan fingerprint density at radius 2 is 1.81 bits per heavy atom. The molecule has 3 fully saturated rings. The summed E-state index contributed by atoms with van der Waals surface area (Å²) in [5.41, 5.74) is 0.759. The van der Waals surface area contributed by atoms with Gasteiger partial charge < -0.3 is 10.6 Å². The van der Waals surface area contributed by atoms with Crippen LogP contribution in [0, 0.1) is 17.2 Å². The molecule has 2 aromatic rings. The van der Waals surface area contributed by atoms with Crippen LogP contribution >= 0.6 is 11.6 Å². The Morgan fingerprint density at radius 3 is 2.41 bits per heavy atom. The van der Waals surface area contributed by atoms with Gasteiger partial charge in [0.15, 0.2) is 0 Å². The van der Waals surface area contributed by atoms with Crippen molar-refractivity contribution in [2.24, 2.45) is 11.3 Å². The zero-order valence-electron chi connectivity index (χ0n) is 14.8. The van der Waals surface area contributed by atoms with Crippen LogP contribution in [0.2, 0.25) is 5.15 Å². The van der Waals surface area contributed by atoms with E-state index in [4.69, 9.17) is 11.6 Å². The summed E-state index contributed by atoms with van der Waals surface area (Å²) in [6.07, 6.45) is 3.80.